The third kappa shape index (κ3) is 4.41. The Kier molecular flexibility index (Phi) is 5.79. The number of nitrogens with zero attached hydrogens (tertiary/aromatic N) is 6. The van der Waals surface area contributed by atoms with E-state index in [2.05, 4.69) is 15.4 Å². The Balaban J connectivity index is 1.49. The Morgan fingerprint density at radius 2 is 1.91 bits per heavy atom. The van der Waals surface area contributed by atoms with Gasteiger partial charge in [0, 0.05) is 57.1 Å². The van der Waals surface area contributed by atoms with E-state index in [1.165, 1.54) is 19.2 Å². The number of carbonyl (C=O) groups is 2. The van der Waals surface area contributed by atoms with Crippen molar-refractivity contribution >= 4 is 28.9 Å². The number of rotatable bonds is 5. The quantitative estimate of drug-likeness (QED) is 0.480. The van der Waals surface area contributed by atoms with Gasteiger partial charge in [0.25, 0.3) is 11.6 Å². The third-order valence-corrected chi connectivity index (χ3v) is 5.24. The van der Waals surface area contributed by atoms with Crippen molar-refractivity contribution in [3.63, 3.8) is 0 Å². The Labute approximate surface area is 183 Å². The maximum atomic E-state index is 12.7. The maximum absolute atomic E-state index is 12.7. The molecule has 3 aromatic rings. The van der Waals surface area contributed by atoms with E-state index in [4.69, 9.17) is 0 Å². The average molecular weight is 435 g/mol. The Bertz CT molecular complexity index is 1140. The molecule has 0 saturated carbocycles. The average Bonchev–Trinajstić information content (AvgIpc) is 3.34. The molecule has 2 aromatic heterocycles. The minimum absolute atomic E-state index is 0.0155. The summed E-state index contributed by atoms with van der Waals surface area (Å²) in [5.41, 5.74) is 0.901. The second-order valence-corrected chi connectivity index (χ2v) is 7.26. The van der Waals surface area contributed by atoms with Gasteiger partial charge in [-0.05, 0) is 30.3 Å². The van der Waals surface area contributed by atoms with Gasteiger partial charge in [0.2, 0.25) is 5.91 Å². The maximum Gasteiger partial charge on any atom is 0.293 e. The largest absolute Gasteiger partial charge is 0.362 e. The number of nitrogens with one attached hydrogen (secondary N) is 1. The van der Waals surface area contributed by atoms with E-state index in [0.29, 0.717) is 43.4 Å². The molecule has 2 amide bonds. The summed E-state index contributed by atoms with van der Waals surface area (Å²) in [6.45, 7) is 3.47. The van der Waals surface area contributed by atoms with Crippen molar-refractivity contribution in [1.29, 1.82) is 0 Å². The van der Waals surface area contributed by atoms with Crippen molar-refractivity contribution in [2.24, 2.45) is 0 Å². The summed E-state index contributed by atoms with van der Waals surface area (Å²) >= 11 is 0. The highest BCUT2D eigenvalue weighted by Crippen LogP contribution is 2.30. The van der Waals surface area contributed by atoms with Gasteiger partial charge in [0.15, 0.2) is 5.82 Å². The highest BCUT2D eigenvalue weighted by atomic mass is 16.6. The first-order valence-electron chi connectivity index (χ1n) is 9.98. The molecule has 1 aromatic carbocycles. The highest BCUT2D eigenvalue weighted by molar-refractivity contribution is 6.05. The van der Waals surface area contributed by atoms with Gasteiger partial charge in [0.1, 0.15) is 5.69 Å². The summed E-state index contributed by atoms with van der Waals surface area (Å²) in [5, 5.41) is 18.5. The van der Waals surface area contributed by atoms with Gasteiger partial charge in [-0.15, -0.1) is 0 Å². The van der Waals surface area contributed by atoms with Gasteiger partial charge in [-0.3, -0.25) is 19.7 Å². The standard InChI is InChI=1S/C21H21N7O4/c1-15(29)25-9-11-26(12-10-25)18-5-3-16(13-19(18)28(31)32)21(30)24-17-4-6-20(22-14-17)27-8-2-7-23-27/h2-8,13-14H,9-12H2,1H3,(H,24,30). The van der Waals surface area contributed by atoms with Crippen molar-refractivity contribution in [2.45, 2.75) is 6.92 Å². The van der Waals surface area contributed by atoms with Crippen molar-refractivity contribution in [3.05, 3.63) is 70.7 Å². The molecular weight excluding hydrogens is 414 g/mol. The fourth-order valence-corrected chi connectivity index (χ4v) is 3.54. The van der Waals surface area contributed by atoms with Crippen LogP contribution >= 0.6 is 0 Å². The molecular formula is C21H21N7O4. The number of benzene rings is 1. The van der Waals surface area contributed by atoms with Crippen molar-refractivity contribution in [2.75, 3.05) is 36.4 Å². The highest BCUT2D eigenvalue weighted by Gasteiger charge is 2.26. The Hall–Kier alpha value is -4.28. The van der Waals surface area contributed by atoms with E-state index >= 15 is 0 Å². The fraction of sp³-hybridized carbons (Fsp3) is 0.238. The summed E-state index contributed by atoms with van der Waals surface area (Å²) < 4.78 is 1.59. The summed E-state index contributed by atoms with van der Waals surface area (Å²) in [4.78, 5) is 43.2. The molecule has 4 rings (SSSR count). The lowest BCUT2D eigenvalue weighted by molar-refractivity contribution is -0.384. The van der Waals surface area contributed by atoms with Crippen molar-refractivity contribution < 1.29 is 14.5 Å². The molecule has 0 unspecified atom stereocenters. The molecule has 1 fully saturated rings. The number of hydrogen-bond donors (Lipinski definition) is 1. The van der Waals surface area contributed by atoms with Crippen LogP contribution in [0, 0.1) is 10.1 Å². The molecule has 1 aliphatic rings. The lowest BCUT2D eigenvalue weighted by Crippen LogP contribution is -2.48. The van der Waals surface area contributed by atoms with E-state index in [9.17, 15) is 19.7 Å². The van der Waals surface area contributed by atoms with E-state index in [1.54, 1.807) is 52.3 Å². The molecule has 0 bridgehead atoms. The first-order chi connectivity index (χ1) is 15.4. The SMILES string of the molecule is CC(=O)N1CCN(c2ccc(C(=O)Nc3ccc(-n4cccn4)nc3)cc2[N+](=O)[O-])CC1. The molecule has 1 N–H and O–H groups in total. The zero-order valence-corrected chi connectivity index (χ0v) is 17.3. The van der Waals surface area contributed by atoms with Gasteiger partial charge in [-0.1, -0.05) is 0 Å². The first-order valence-corrected chi connectivity index (χ1v) is 9.98. The number of hydrogen-bond acceptors (Lipinski definition) is 7. The predicted molar refractivity (Wildman–Crippen MR) is 117 cm³/mol. The van der Waals surface area contributed by atoms with Gasteiger partial charge in [-0.2, -0.15) is 5.10 Å². The molecule has 11 nitrogen and oxygen atoms in total. The van der Waals surface area contributed by atoms with Crippen LogP contribution in [-0.4, -0.2) is 62.6 Å². The molecule has 0 spiro atoms. The predicted octanol–water partition coefficient (Wildman–Crippen LogP) is 2.10. The van der Waals surface area contributed by atoms with Gasteiger partial charge in [-0.25, -0.2) is 9.67 Å². The molecule has 32 heavy (non-hydrogen) atoms. The zero-order chi connectivity index (χ0) is 22.7. The normalized spacial score (nSPS) is 13.7. The number of carbonyl (C=O) groups excluding carboxylic acids is 2. The second-order valence-electron chi connectivity index (χ2n) is 7.26. The summed E-state index contributed by atoms with van der Waals surface area (Å²) in [6, 6.07) is 9.56. The molecule has 11 heteroatoms. The number of anilines is 2. The lowest BCUT2D eigenvalue weighted by atomic mass is 10.1. The van der Waals surface area contributed by atoms with Crippen LogP contribution in [0.1, 0.15) is 17.3 Å². The lowest BCUT2D eigenvalue weighted by Gasteiger charge is -2.35. The van der Waals surface area contributed by atoms with E-state index < -0.39 is 10.8 Å². The minimum Gasteiger partial charge on any atom is -0.362 e. The van der Waals surface area contributed by atoms with Gasteiger partial charge < -0.3 is 15.1 Å². The second kappa shape index (κ2) is 8.84. The fourth-order valence-electron chi connectivity index (χ4n) is 3.54. The zero-order valence-electron chi connectivity index (χ0n) is 17.3. The van der Waals surface area contributed by atoms with Crippen LogP contribution in [0.15, 0.2) is 55.0 Å². The Morgan fingerprint density at radius 3 is 2.50 bits per heavy atom. The smallest absolute Gasteiger partial charge is 0.293 e. The Morgan fingerprint density at radius 1 is 1.12 bits per heavy atom. The van der Waals surface area contributed by atoms with Gasteiger partial charge in [0.05, 0.1) is 16.8 Å². The summed E-state index contributed by atoms with van der Waals surface area (Å²) in [6.07, 6.45) is 4.88. The van der Waals surface area contributed by atoms with Crippen LogP contribution in [0.4, 0.5) is 17.1 Å². The van der Waals surface area contributed by atoms with Crippen LogP contribution in [-0.2, 0) is 4.79 Å². The van der Waals surface area contributed by atoms with E-state index in [-0.39, 0.29) is 17.2 Å². The molecule has 1 saturated heterocycles. The molecule has 164 valence electrons. The number of nitro groups is 1. The molecule has 3 heterocycles. The summed E-state index contributed by atoms with van der Waals surface area (Å²) in [7, 11) is 0. The topological polar surface area (TPSA) is 126 Å². The molecule has 0 radical (unpaired) electrons. The monoisotopic (exact) mass is 435 g/mol. The van der Waals surface area contributed by atoms with Crippen LogP contribution in [0.5, 0.6) is 0 Å². The number of piperazine rings is 1. The van der Waals surface area contributed by atoms with Crippen LogP contribution in [0.3, 0.4) is 0 Å². The third-order valence-electron chi connectivity index (χ3n) is 5.24. The van der Waals surface area contributed by atoms with Crippen LogP contribution < -0.4 is 10.2 Å². The van der Waals surface area contributed by atoms with E-state index in [1.807, 2.05) is 4.90 Å². The van der Waals surface area contributed by atoms with Crippen molar-refractivity contribution in [1.82, 2.24) is 19.7 Å². The molecule has 0 aliphatic carbocycles. The number of aromatic nitrogens is 3. The van der Waals surface area contributed by atoms with Gasteiger partial charge >= 0.3 is 0 Å². The minimum atomic E-state index is -0.496. The summed E-state index contributed by atoms with van der Waals surface area (Å²) in [5.74, 6) is 0.103. The molecule has 0 atom stereocenters. The number of pyridine rings is 1. The van der Waals surface area contributed by atoms with E-state index in [0.717, 1.165) is 0 Å². The van der Waals surface area contributed by atoms with Crippen molar-refractivity contribution in [3.8, 4) is 5.82 Å². The van der Waals surface area contributed by atoms with Crippen LogP contribution in [0.2, 0.25) is 0 Å². The van der Waals surface area contributed by atoms with Crippen LogP contribution in [0.25, 0.3) is 5.82 Å². The first kappa shape index (κ1) is 21.0. The number of amides is 2. The molecule has 1 aliphatic heterocycles. The number of nitro benzene ring substituents is 1.